The molecule has 3 aromatic carbocycles. The number of nitrogens with zero attached hydrogens (tertiary/aromatic N) is 3. The number of nitrogens with one attached hydrogen (secondary N) is 2. The maximum absolute atomic E-state index is 13.3. The number of thioether (sulfide) groups is 1. The van der Waals surface area contributed by atoms with Gasteiger partial charge < -0.3 is 4.98 Å². The fourth-order valence-electron chi connectivity index (χ4n) is 3.50. The highest BCUT2D eigenvalue weighted by Crippen LogP contribution is 2.21. The Kier molecular flexibility index (Phi) is 6.14. The topological polar surface area (TPSA) is 92.7 Å². The fourth-order valence-corrected chi connectivity index (χ4v) is 4.79. The Labute approximate surface area is 206 Å². The Bertz CT molecular complexity index is 1500. The molecule has 0 bridgehead atoms. The third kappa shape index (κ3) is 4.79. The van der Waals surface area contributed by atoms with Crippen molar-refractivity contribution in [3.63, 3.8) is 0 Å². The van der Waals surface area contributed by atoms with Crippen molar-refractivity contribution in [2.45, 2.75) is 11.7 Å². The van der Waals surface area contributed by atoms with E-state index in [2.05, 4.69) is 37.9 Å². The maximum Gasteiger partial charge on any atom is 0.262 e. The van der Waals surface area contributed by atoms with E-state index in [9.17, 15) is 9.59 Å². The first-order chi connectivity index (χ1) is 16.1. The average molecular weight is 567 g/mol. The summed E-state index contributed by atoms with van der Waals surface area (Å²) >= 11 is 3.42. The van der Waals surface area contributed by atoms with Gasteiger partial charge in [-0.15, -0.1) is 0 Å². The Morgan fingerprint density at radius 2 is 1.79 bits per heavy atom. The number of para-hydroxylation sites is 2. The molecule has 1 amide bonds. The molecule has 0 fully saturated rings. The molecule has 2 N–H and O–H groups in total. The summed E-state index contributed by atoms with van der Waals surface area (Å²) in [4.78, 5) is 38.1. The van der Waals surface area contributed by atoms with Crippen LogP contribution in [0.3, 0.4) is 0 Å². The molecule has 5 aromatic rings. The molecule has 0 aliphatic carbocycles. The summed E-state index contributed by atoms with van der Waals surface area (Å²) in [6.45, 7) is 0.377. The summed E-state index contributed by atoms with van der Waals surface area (Å²) < 4.78 is 2.60. The van der Waals surface area contributed by atoms with Crippen LogP contribution in [-0.2, 0) is 11.3 Å². The van der Waals surface area contributed by atoms with Gasteiger partial charge >= 0.3 is 0 Å². The minimum absolute atomic E-state index is 0.0914. The van der Waals surface area contributed by atoms with E-state index in [-0.39, 0.29) is 17.2 Å². The Balaban J connectivity index is 1.42. The number of halogens is 1. The van der Waals surface area contributed by atoms with Crippen molar-refractivity contribution in [3.05, 3.63) is 92.3 Å². The molecule has 2 aromatic heterocycles. The Morgan fingerprint density at radius 3 is 2.61 bits per heavy atom. The molecule has 0 radical (unpaired) electrons. The highest BCUT2D eigenvalue weighted by Gasteiger charge is 2.15. The van der Waals surface area contributed by atoms with E-state index in [1.807, 2.05) is 72.8 Å². The van der Waals surface area contributed by atoms with Gasteiger partial charge in [0, 0.05) is 3.57 Å². The first-order valence-corrected chi connectivity index (χ1v) is 12.2. The van der Waals surface area contributed by atoms with Crippen molar-refractivity contribution in [3.8, 4) is 0 Å². The lowest BCUT2D eigenvalue weighted by atomic mass is 10.2. The van der Waals surface area contributed by atoms with Gasteiger partial charge in [-0.25, -0.2) is 9.97 Å². The van der Waals surface area contributed by atoms with Crippen LogP contribution in [0.2, 0.25) is 0 Å². The molecule has 164 valence electrons. The molecule has 0 saturated heterocycles. The smallest absolute Gasteiger partial charge is 0.262 e. The van der Waals surface area contributed by atoms with E-state index in [4.69, 9.17) is 4.98 Å². The largest absolute Gasteiger partial charge is 0.324 e. The maximum atomic E-state index is 13.3. The van der Waals surface area contributed by atoms with Crippen LogP contribution in [0.4, 0.5) is 5.95 Å². The van der Waals surface area contributed by atoms with Crippen LogP contribution < -0.4 is 10.9 Å². The number of anilines is 1. The number of benzene rings is 3. The van der Waals surface area contributed by atoms with Gasteiger partial charge in [0.1, 0.15) is 0 Å². The number of imidazole rings is 1. The average Bonchev–Trinajstić information content (AvgIpc) is 3.23. The van der Waals surface area contributed by atoms with E-state index >= 15 is 0 Å². The fraction of sp³-hybridized carbons (Fsp3) is 0.0833. The lowest BCUT2D eigenvalue weighted by Gasteiger charge is -2.13. The van der Waals surface area contributed by atoms with E-state index in [1.54, 1.807) is 4.57 Å². The summed E-state index contributed by atoms with van der Waals surface area (Å²) in [6.07, 6.45) is 0. The van der Waals surface area contributed by atoms with E-state index in [0.717, 1.165) is 20.2 Å². The molecular weight excluding hydrogens is 549 g/mol. The van der Waals surface area contributed by atoms with Crippen LogP contribution in [0.15, 0.2) is 82.7 Å². The van der Waals surface area contributed by atoms with Crippen molar-refractivity contribution >= 4 is 68.1 Å². The van der Waals surface area contributed by atoms with E-state index < -0.39 is 0 Å². The number of rotatable bonds is 6. The molecule has 5 rings (SSSR count). The Hall–Kier alpha value is -3.18. The summed E-state index contributed by atoms with van der Waals surface area (Å²) in [5.74, 6) is 0.250. The predicted octanol–water partition coefficient (Wildman–Crippen LogP) is 4.66. The van der Waals surface area contributed by atoms with Crippen molar-refractivity contribution in [2.75, 3.05) is 11.1 Å². The third-order valence-electron chi connectivity index (χ3n) is 5.04. The van der Waals surface area contributed by atoms with Gasteiger partial charge in [-0.2, -0.15) is 0 Å². The van der Waals surface area contributed by atoms with E-state index in [0.29, 0.717) is 28.6 Å². The number of hydrogen-bond donors (Lipinski definition) is 2. The molecule has 0 aliphatic rings. The Morgan fingerprint density at radius 1 is 1.00 bits per heavy atom. The lowest BCUT2D eigenvalue weighted by molar-refractivity contribution is -0.113. The van der Waals surface area contributed by atoms with Crippen LogP contribution in [0, 0.1) is 3.57 Å². The molecule has 33 heavy (non-hydrogen) atoms. The highest BCUT2D eigenvalue weighted by atomic mass is 127. The van der Waals surface area contributed by atoms with Crippen LogP contribution in [0.5, 0.6) is 0 Å². The first kappa shape index (κ1) is 21.7. The standard InChI is InChI=1S/C24H18IN5O2S/c25-16-10-11-18-17(12-16)22(32)30(13-15-6-2-1-3-7-15)24(28-18)33-14-21(31)29-23-26-19-8-4-5-9-20(19)27-23/h1-12H,13-14H2,(H2,26,27,29,31). The molecular formula is C24H18IN5O2S. The number of carbonyl (C=O) groups is 1. The van der Waals surface area contributed by atoms with Gasteiger partial charge in [0.05, 0.1) is 34.2 Å². The minimum Gasteiger partial charge on any atom is -0.324 e. The van der Waals surface area contributed by atoms with Crippen molar-refractivity contribution < 1.29 is 4.79 Å². The monoisotopic (exact) mass is 567 g/mol. The normalized spacial score (nSPS) is 11.2. The number of fused-ring (bicyclic) bond motifs is 2. The van der Waals surface area contributed by atoms with Gasteiger partial charge in [0.2, 0.25) is 11.9 Å². The lowest BCUT2D eigenvalue weighted by Crippen LogP contribution is -2.25. The summed E-state index contributed by atoms with van der Waals surface area (Å²) in [5, 5.41) is 3.85. The molecule has 7 nitrogen and oxygen atoms in total. The van der Waals surface area contributed by atoms with Crippen molar-refractivity contribution in [2.24, 2.45) is 0 Å². The van der Waals surface area contributed by atoms with Gasteiger partial charge in [-0.3, -0.25) is 19.5 Å². The SMILES string of the molecule is O=C(CSc1nc2ccc(I)cc2c(=O)n1Cc1ccccc1)Nc1nc2ccccc2[nH]1. The number of aromatic nitrogens is 4. The number of H-pyrrole nitrogens is 1. The zero-order chi connectivity index (χ0) is 22.8. The number of carbonyl (C=O) groups excluding carboxylic acids is 1. The van der Waals surface area contributed by atoms with E-state index in [1.165, 1.54) is 11.8 Å². The van der Waals surface area contributed by atoms with Crippen molar-refractivity contribution in [1.82, 2.24) is 19.5 Å². The summed E-state index contributed by atoms with van der Waals surface area (Å²) in [5.41, 5.74) is 3.11. The number of amides is 1. The van der Waals surface area contributed by atoms with Gasteiger partial charge in [-0.1, -0.05) is 54.2 Å². The van der Waals surface area contributed by atoms with Crippen molar-refractivity contribution in [1.29, 1.82) is 0 Å². The van der Waals surface area contributed by atoms with Gasteiger partial charge in [0.25, 0.3) is 5.56 Å². The summed E-state index contributed by atoms with van der Waals surface area (Å²) in [7, 11) is 0. The molecule has 0 unspecified atom stereocenters. The van der Waals surface area contributed by atoms with Crippen LogP contribution >= 0.6 is 34.4 Å². The zero-order valence-corrected chi connectivity index (χ0v) is 20.3. The third-order valence-corrected chi connectivity index (χ3v) is 6.69. The van der Waals surface area contributed by atoms with Crippen LogP contribution in [0.25, 0.3) is 21.9 Å². The molecule has 0 aliphatic heterocycles. The predicted molar refractivity (Wildman–Crippen MR) is 140 cm³/mol. The summed E-state index contributed by atoms with van der Waals surface area (Å²) in [6, 6.07) is 22.9. The molecule has 2 heterocycles. The van der Waals surface area contributed by atoms with Gasteiger partial charge in [-0.05, 0) is 58.5 Å². The second-order valence-electron chi connectivity index (χ2n) is 7.37. The second kappa shape index (κ2) is 9.36. The number of aromatic amines is 1. The quantitative estimate of drug-likeness (QED) is 0.177. The minimum atomic E-state index is -0.234. The van der Waals surface area contributed by atoms with Gasteiger partial charge in [0.15, 0.2) is 5.16 Å². The molecule has 0 saturated carbocycles. The molecule has 9 heteroatoms. The number of hydrogen-bond acceptors (Lipinski definition) is 5. The zero-order valence-electron chi connectivity index (χ0n) is 17.3. The van der Waals surface area contributed by atoms with Crippen LogP contribution in [0.1, 0.15) is 5.56 Å². The molecule has 0 atom stereocenters. The van der Waals surface area contributed by atoms with Crippen LogP contribution in [-0.4, -0.2) is 31.2 Å². The molecule has 0 spiro atoms. The first-order valence-electron chi connectivity index (χ1n) is 10.2. The second-order valence-corrected chi connectivity index (χ2v) is 9.56. The highest BCUT2D eigenvalue weighted by molar-refractivity contribution is 14.1.